The highest BCUT2D eigenvalue weighted by Crippen LogP contribution is 2.48. The quantitative estimate of drug-likeness (QED) is 0.866. The molecule has 0 heterocycles. The second kappa shape index (κ2) is 6.35. The lowest BCUT2D eigenvalue weighted by Gasteiger charge is -2.32. The highest BCUT2D eigenvalue weighted by molar-refractivity contribution is 9.10. The summed E-state index contributed by atoms with van der Waals surface area (Å²) in [5.74, 6) is 2.51. The molecular weight excluding hydrogens is 331 g/mol. The third-order valence-corrected chi connectivity index (χ3v) is 6.10. The number of benzene rings is 1. The van der Waals surface area contributed by atoms with E-state index in [2.05, 4.69) is 27.9 Å². The van der Waals surface area contributed by atoms with Crippen molar-refractivity contribution in [3.05, 3.63) is 34.1 Å². The van der Waals surface area contributed by atoms with Gasteiger partial charge in [-0.2, -0.15) is 0 Å². The lowest BCUT2D eigenvalue weighted by molar-refractivity contribution is 0.176. The van der Waals surface area contributed by atoms with Crippen LogP contribution in [0.2, 0.25) is 0 Å². The Balaban J connectivity index is 1.68. The number of rotatable bonds is 5. The van der Waals surface area contributed by atoms with E-state index in [1.165, 1.54) is 31.7 Å². The smallest absolute Gasteiger partial charge is 0.137 e. The van der Waals surface area contributed by atoms with Crippen LogP contribution in [0.25, 0.3) is 0 Å². The summed E-state index contributed by atoms with van der Waals surface area (Å²) >= 11 is 3.27. The van der Waals surface area contributed by atoms with Crippen molar-refractivity contribution in [2.75, 3.05) is 20.1 Å². The van der Waals surface area contributed by atoms with Gasteiger partial charge in [-0.25, -0.2) is 4.39 Å². The summed E-state index contributed by atoms with van der Waals surface area (Å²) in [7, 11) is 2.15. The molecule has 1 aromatic rings. The van der Waals surface area contributed by atoms with Crippen LogP contribution < -0.4 is 5.73 Å². The van der Waals surface area contributed by atoms with Crippen LogP contribution in [0.4, 0.5) is 4.39 Å². The first-order chi connectivity index (χ1) is 10.1. The van der Waals surface area contributed by atoms with Gasteiger partial charge in [-0.3, -0.25) is 4.90 Å². The molecule has 2 N–H and O–H groups in total. The fourth-order valence-corrected chi connectivity index (χ4v) is 4.78. The maximum Gasteiger partial charge on any atom is 0.137 e. The molecule has 2 aliphatic rings. The molecule has 2 saturated carbocycles. The first-order valence-corrected chi connectivity index (χ1v) is 8.73. The molecule has 2 nitrogen and oxygen atoms in total. The minimum Gasteiger partial charge on any atom is -0.329 e. The van der Waals surface area contributed by atoms with Gasteiger partial charge in [0.1, 0.15) is 5.82 Å². The van der Waals surface area contributed by atoms with Crippen molar-refractivity contribution in [2.24, 2.45) is 23.5 Å². The fourth-order valence-electron chi connectivity index (χ4n) is 4.39. The molecule has 4 unspecified atom stereocenters. The molecule has 0 radical (unpaired) electrons. The lowest BCUT2D eigenvalue weighted by atomic mass is 9.88. The molecule has 2 aliphatic carbocycles. The number of fused-ring (bicyclic) bond motifs is 2. The van der Waals surface area contributed by atoms with Crippen molar-refractivity contribution in [2.45, 2.75) is 31.7 Å². The van der Waals surface area contributed by atoms with Gasteiger partial charge in [0.25, 0.3) is 0 Å². The van der Waals surface area contributed by atoms with Gasteiger partial charge < -0.3 is 5.73 Å². The van der Waals surface area contributed by atoms with Crippen molar-refractivity contribution < 1.29 is 4.39 Å². The second-order valence-corrected chi connectivity index (χ2v) is 7.65. The molecule has 1 aromatic carbocycles. The molecule has 2 bridgehead atoms. The third-order valence-electron chi connectivity index (χ3n) is 5.49. The number of hydrogen-bond acceptors (Lipinski definition) is 2. The van der Waals surface area contributed by atoms with Gasteiger partial charge >= 0.3 is 0 Å². The highest BCUT2D eigenvalue weighted by atomic mass is 79.9. The first kappa shape index (κ1) is 15.4. The average molecular weight is 355 g/mol. The SMILES string of the molecule is CN(CC1CC2CCC1C2)C(CN)c1ccc(F)c(Br)c1. The zero-order chi connectivity index (χ0) is 15.0. The van der Waals surface area contributed by atoms with E-state index in [1.54, 1.807) is 0 Å². The summed E-state index contributed by atoms with van der Waals surface area (Å²) in [5, 5.41) is 0. The summed E-state index contributed by atoms with van der Waals surface area (Å²) in [6, 6.07) is 5.41. The normalized spacial score (nSPS) is 29.3. The van der Waals surface area contributed by atoms with Crippen LogP contribution in [-0.2, 0) is 0 Å². The number of hydrogen-bond donors (Lipinski definition) is 1. The Morgan fingerprint density at radius 1 is 1.38 bits per heavy atom. The molecule has 4 atom stereocenters. The van der Waals surface area contributed by atoms with Crippen molar-refractivity contribution in [1.82, 2.24) is 4.90 Å². The molecule has 4 heteroatoms. The molecule has 116 valence electrons. The topological polar surface area (TPSA) is 29.3 Å². The molecule has 2 fully saturated rings. The minimum atomic E-state index is -0.217. The standard InChI is InChI=1S/C17H24BrFN2/c1-21(10-14-7-11-2-3-12(14)6-11)17(9-20)13-4-5-16(19)15(18)8-13/h4-5,8,11-12,14,17H,2-3,6-7,9-10,20H2,1H3. The van der Waals surface area contributed by atoms with E-state index >= 15 is 0 Å². The molecule has 0 aromatic heterocycles. The van der Waals surface area contributed by atoms with Crippen molar-refractivity contribution in [1.29, 1.82) is 0 Å². The minimum absolute atomic E-state index is 0.168. The first-order valence-electron chi connectivity index (χ1n) is 7.93. The number of halogens is 2. The van der Waals surface area contributed by atoms with Crippen molar-refractivity contribution >= 4 is 15.9 Å². The van der Waals surface area contributed by atoms with Gasteiger partial charge in [-0.05, 0) is 77.7 Å². The number of nitrogens with zero attached hydrogens (tertiary/aromatic N) is 1. The van der Waals surface area contributed by atoms with E-state index < -0.39 is 0 Å². The van der Waals surface area contributed by atoms with Crippen LogP contribution in [-0.4, -0.2) is 25.0 Å². The van der Waals surface area contributed by atoms with E-state index in [4.69, 9.17) is 5.73 Å². The molecule has 21 heavy (non-hydrogen) atoms. The van der Waals surface area contributed by atoms with E-state index in [0.717, 1.165) is 29.9 Å². The van der Waals surface area contributed by atoms with Crippen LogP contribution in [0.1, 0.15) is 37.3 Å². The van der Waals surface area contributed by atoms with E-state index in [9.17, 15) is 4.39 Å². The Hall–Kier alpha value is -0.450. The lowest BCUT2D eigenvalue weighted by Crippen LogP contribution is -2.35. The van der Waals surface area contributed by atoms with Gasteiger partial charge in [0, 0.05) is 19.1 Å². The van der Waals surface area contributed by atoms with E-state index in [-0.39, 0.29) is 11.9 Å². The van der Waals surface area contributed by atoms with E-state index in [0.29, 0.717) is 11.0 Å². The summed E-state index contributed by atoms with van der Waals surface area (Å²) in [5.41, 5.74) is 7.09. The van der Waals surface area contributed by atoms with Crippen LogP contribution in [0.3, 0.4) is 0 Å². The zero-order valence-corrected chi connectivity index (χ0v) is 14.2. The van der Waals surface area contributed by atoms with Gasteiger partial charge in [-0.1, -0.05) is 12.5 Å². The van der Waals surface area contributed by atoms with Crippen LogP contribution in [0, 0.1) is 23.6 Å². The third kappa shape index (κ3) is 3.17. The monoisotopic (exact) mass is 354 g/mol. The van der Waals surface area contributed by atoms with Gasteiger partial charge in [0.05, 0.1) is 4.47 Å². The highest BCUT2D eigenvalue weighted by Gasteiger charge is 2.40. The van der Waals surface area contributed by atoms with Crippen LogP contribution >= 0.6 is 15.9 Å². The Bertz CT molecular complexity index is 508. The summed E-state index contributed by atoms with van der Waals surface area (Å²) in [4.78, 5) is 2.37. The Labute approximate surface area is 135 Å². The van der Waals surface area contributed by atoms with Gasteiger partial charge in [-0.15, -0.1) is 0 Å². The summed E-state index contributed by atoms with van der Waals surface area (Å²) < 4.78 is 13.9. The Morgan fingerprint density at radius 3 is 2.76 bits per heavy atom. The van der Waals surface area contributed by atoms with Crippen LogP contribution in [0.5, 0.6) is 0 Å². The molecule has 0 spiro atoms. The number of nitrogens with two attached hydrogens (primary N) is 1. The molecular formula is C17H24BrFN2. The maximum absolute atomic E-state index is 13.4. The van der Waals surface area contributed by atoms with Crippen molar-refractivity contribution in [3.63, 3.8) is 0 Å². The Kier molecular flexibility index (Phi) is 4.67. The molecule has 3 rings (SSSR count). The van der Waals surface area contributed by atoms with Crippen molar-refractivity contribution in [3.8, 4) is 0 Å². The van der Waals surface area contributed by atoms with Gasteiger partial charge in [0.2, 0.25) is 0 Å². The number of likely N-dealkylation sites (N-methyl/N-ethyl adjacent to an activating group) is 1. The average Bonchev–Trinajstić information content (AvgIpc) is 3.06. The van der Waals surface area contributed by atoms with Crippen LogP contribution in [0.15, 0.2) is 22.7 Å². The molecule has 0 aliphatic heterocycles. The predicted molar refractivity (Wildman–Crippen MR) is 87.5 cm³/mol. The fraction of sp³-hybridized carbons (Fsp3) is 0.647. The summed E-state index contributed by atoms with van der Waals surface area (Å²) in [6.07, 6.45) is 5.68. The van der Waals surface area contributed by atoms with E-state index in [1.807, 2.05) is 12.1 Å². The zero-order valence-electron chi connectivity index (χ0n) is 12.6. The van der Waals surface area contributed by atoms with Gasteiger partial charge in [0.15, 0.2) is 0 Å². The molecule has 0 saturated heterocycles. The summed E-state index contributed by atoms with van der Waals surface area (Å²) in [6.45, 7) is 1.67. The predicted octanol–water partition coefficient (Wildman–Crippen LogP) is 3.96. The molecule has 0 amide bonds. The Morgan fingerprint density at radius 2 is 2.19 bits per heavy atom. The largest absolute Gasteiger partial charge is 0.329 e. The second-order valence-electron chi connectivity index (χ2n) is 6.80. The maximum atomic E-state index is 13.4.